The van der Waals surface area contributed by atoms with Gasteiger partial charge in [-0.1, -0.05) is 39.5 Å². The van der Waals surface area contributed by atoms with Gasteiger partial charge in [-0.15, -0.1) is 0 Å². The Kier molecular flexibility index (Phi) is 29.9. The number of rotatable bonds is 32. The van der Waals surface area contributed by atoms with Gasteiger partial charge in [0.2, 0.25) is 35.4 Å². The van der Waals surface area contributed by atoms with Crippen LogP contribution in [0.3, 0.4) is 0 Å². The van der Waals surface area contributed by atoms with Crippen LogP contribution in [0.15, 0.2) is 78.6 Å². The molecule has 98 heavy (non-hydrogen) atoms. The average molecular weight is 1390 g/mol. The van der Waals surface area contributed by atoms with Crippen molar-refractivity contribution >= 4 is 83.3 Å². The van der Waals surface area contributed by atoms with Crippen molar-refractivity contribution < 1.29 is 47.9 Å². The SMILES string of the molecule is C[C@@H](c1ccncc1)[C@@H](NC(=O)CCCCCNC(=O)CCCC[C@@H]1SC[C@@H]2NC(=O)N[C@@H]21)C(=O)N1CCCC1.C[C@H](c1ccncc1)[C@H](NC(=O)CCCCCNC(=O)CCCC[C@@H]1SC[C@@H]2NC(=O)N[C@@H]21)C(=O)N1CCCC1.O=C([C@H]1N=CO[C@@H]1c1ccncc1)N1CCCC1. The van der Waals surface area contributed by atoms with Crippen LogP contribution in [-0.4, -0.2) is 206 Å². The van der Waals surface area contributed by atoms with E-state index in [9.17, 15) is 43.2 Å². The minimum absolute atomic E-state index is 0.00798. The fraction of sp³-hybridized carbons (Fsp3) is 0.648. The Bertz CT molecular complexity index is 2930. The summed E-state index contributed by atoms with van der Waals surface area (Å²) in [6.45, 7) is 9.84. The van der Waals surface area contributed by atoms with Gasteiger partial charge in [0.1, 0.15) is 12.1 Å². The van der Waals surface area contributed by atoms with Gasteiger partial charge in [-0.05, 0) is 143 Å². The summed E-state index contributed by atoms with van der Waals surface area (Å²) in [6.07, 6.45) is 29.7. The molecule has 0 radical (unpaired) electrons. The predicted molar refractivity (Wildman–Crippen MR) is 378 cm³/mol. The van der Waals surface area contributed by atoms with E-state index in [1.165, 1.54) is 6.40 Å². The molecule has 7 fully saturated rings. The third-order valence-corrected chi connectivity index (χ3v) is 22.9. The molecular formula is C71H103N15O10S2. The number of carbonyl (C=O) groups excluding carboxylic acids is 9. The molecule has 0 unspecified atom stereocenters. The molecule has 0 bridgehead atoms. The van der Waals surface area contributed by atoms with Crippen LogP contribution in [0.25, 0.3) is 0 Å². The maximum absolute atomic E-state index is 13.2. The summed E-state index contributed by atoms with van der Waals surface area (Å²) in [7, 11) is 0. The Labute approximate surface area is 585 Å². The fourth-order valence-electron chi connectivity index (χ4n) is 14.1. The summed E-state index contributed by atoms with van der Waals surface area (Å²) >= 11 is 3.80. The van der Waals surface area contributed by atoms with Crippen LogP contribution in [0, 0.1) is 0 Å². The highest BCUT2D eigenvalue weighted by molar-refractivity contribution is 8.00. The van der Waals surface area contributed by atoms with E-state index >= 15 is 0 Å². The van der Waals surface area contributed by atoms with Crippen molar-refractivity contribution in [1.82, 2.24) is 72.2 Å². The maximum atomic E-state index is 13.2. The number of aliphatic imine (C=N–C) groups is 1. The summed E-state index contributed by atoms with van der Waals surface area (Å²) in [4.78, 5) is 134. The van der Waals surface area contributed by atoms with E-state index in [-0.39, 0.29) is 95.5 Å². The Morgan fingerprint density at radius 2 is 0.888 bits per heavy atom. The molecule has 8 N–H and O–H groups in total. The van der Waals surface area contributed by atoms with E-state index in [1.807, 2.05) is 88.5 Å². The number of ether oxygens (including phenoxy) is 1. The molecule has 11 heterocycles. The Morgan fingerprint density at radius 1 is 0.500 bits per heavy atom. The number of nitrogens with one attached hydrogen (secondary N) is 8. The van der Waals surface area contributed by atoms with Crippen LogP contribution in [0.2, 0.25) is 0 Å². The number of carbonyl (C=O) groups is 9. The molecule has 0 aliphatic carbocycles. The fourth-order valence-corrected chi connectivity index (χ4v) is 17.2. The maximum Gasteiger partial charge on any atom is 0.315 e. The lowest BCUT2D eigenvalue weighted by Crippen LogP contribution is -2.50. The lowest BCUT2D eigenvalue weighted by Gasteiger charge is -2.28. The lowest BCUT2D eigenvalue weighted by atomic mass is 9.92. The van der Waals surface area contributed by atoms with Crippen LogP contribution >= 0.6 is 23.5 Å². The van der Waals surface area contributed by atoms with Crippen LogP contribution in [-0.2, 0) is 38.3 Å². The van der Waals surface area contributed by atoms with Gasteiger partial charge in [0.15, 0.2) is 18.5 Å². The molecule has 8 aliphatic rings. The zero-order valence-corrected chi connectivity index (χ0v) is 58.7. The number of fused-ring (bicyclic) bond motifs is 2. The second kappa shape index (κ2) is 39.3. The zero-order chi connectivity index (χ0) is 69.0. The molecule has 11 rings (SSSR count). The van der Waals surface area contributed by atoms with E-state index in [4.69, 9.17) is 4.74 Å². The molecule has 0 spiro atoms. The van der Waals surface area contributed by atoms with Crippen molar-refractivity contribution in [2.45, 2.75) is 226 Å². The first kappa shape index (κ1) is 74.7. The second-order valence-corrected chi connectivity index (χ2v) is 29.5. The quantitative estimate of drug-likeness (QED) is 0.0242. The van der Waals surface area contributed by atoms with E-state index in [0.29, 0.717) is 62.1 Å². The summed E-state index contributed by atoms with van der Waals surface area (Å²) in [5, 5.41) is 24.8. The van der Waals surface area contributed by atoms with Crippen molar-refractivity contribution in [2.75, 3.05) is 63.9 Å². The van der Waals surface area contributed by atoms with E-state index in [2.05, 4.69) is 62.5 Å². The summed E-state index contributed by atoms with van der Waals surface area (Å²) in [5.41, 5.74) is 2.91. The first-order chi connectivity index (χ1) is 47.7. The predicted octanol–water partition coefficient (Wildman–Crippen LogP) is 6.56. The van der Waals surface area contributed by atoms with Crippen molar-refractivity contribution in [2.24, 2.45) is 4.99 Å². The number of likely N-dealkylation sites (tertiary alicyclic amines) is 3. The third kappa shape index (κ3) is 22.5. The molecule has 11 amide bonds. The number of unbranched alkanes of at least 4 members (excludes halogenated alkanes) is 6. The molecule has 25 nitrogen and oxygen atoms in total. The standard InChI is InChI=1S/2C29H44N6O4S.C13H15N3O2/c2*1-20(21-12-15-30-16-13-21)26(28(38)35-17-7-8-18-35)33-25(37)11-3-2-6-14-31-24(36)10-5-4-9-23-27-22(19-40-23)32-29(39)34-27;17-13(16-7-1-2-8-16)11-12(18-9-15-11)10-3-5-14-6-4-10/h2*12-13,15-16,20,22-23,26-27H,2-11,14,17-19H2,1H3,(H,31,36)(H,33,37)(H2,32,34,39);3-6,9,11-12H,1-2,7-8H2/t20-,22+,23+,26+,27+;20-,22-,23-,26+,27-;11-,12+/m100/s1. The first-order valence-electron chi connectivity index (χ1n) is 35.9. The van der Waals surface area contributed by atoms with Crippen LogP contribution < -0.4 is 42.5 Å². The zero-order valence-electron chi connectivity index (χ0n) is 57.1. The van der Waals surface area contributed by atoms with Gasteiger partial charge < -0.3 is 62.0 Å². The largest absolute Gasteiger partial charge is 0.473 e. The molecule has 0 aromatic carbocycles. The van der Waals surface area contributed by atoms with Gasteiger partial charge in [0.25, 0.3) is 5.91 Å². The molecule has 534 valence electrons. The number of pyridine rings is 3. The molecule has 0 saturated carbocycles. The number of nitrogens with zero attached hydrogens (tertiary/aromatic N) is 7. The van der Waals surface area contributed by atoms with Gasteiger partial charge in [0, 0.05) is 149 Å². The van der Waals surface area contributed by atoms with Crippen molar-refractivity contribution in [3.63, 3.8) is 0 Å². The topological polar surface area (TPSA) is 320 Å². The van der Waals surface area contributed by atoms with Gasteiger partial charge in [-0.3, -0.25) is 48.5 Å². The highest BCUT2D eigenvalue weighted by atomic mass is 32.2. The number of amides is 11. The van der Waals surface area contributed by atoms with Crippen molar-refractivity contribution in [3.8, 4) is 0 Å². The van der Waals surface area contributed by atoms with Crippen LogP contribution in [0.4, 0.5) is 9.59 Å². The van der Waals surface area contributed by atoms with Crippen LogP contribution in [0.1, 0.15) is 190 Å². The Morgan fingerprint density at radius 3 is 1.32 bits per heavy atom. The van der Waals surface area contributed by atoms with Gasteiger partial charge in [-0.2, -0.15) is 23.5 Å². The molecular weight excluding hydrogens is 1290 g/mol. The number of hydrogen-bond acceptors (Lipinski definition) is 16. The minimum atomic E-state index is -0.588. The third-order valence-electron chi connectivity index (χ3n) is 19.9. The summed E-state index contributed by atoms with van der Waals surface area (Å²) in [6, 6.07) is 10.5. The Hall–Kier alpha value is -7.55. The van der Waals surface area contributed by atoms with E-state index in [0.717, 1.165) is 170 Å². The van der Waals surface area contributed by atoms with Crippen molar-refractivity contribution in [3.05, 3.63) is 90.3 Å². The monoisotopic (exact) mass is 1390 g/mol. The molecule has 3 aromatic rings. The van der Waals surface area contributed by atoms with Gasteiger partial charge >= 0.3 is 12.1 Å². The highest BCUT2D eigenvalue weighted by Gasteiger charge is 2.44. The minimum Gasteiger partial charge on any atom is -0.473 e. The average Bonchev–Trinajstić information content (AvgIpc) is 1.72. The number of thioether (sulfide) groups is 2. The molecule has 3 aromatic heterocycles. The number of aromatic nitrogens is 3. The smallest absolute Gasteiger partial charge is 0.315 e. The number of urea groups is 2. The Balaban J connectivity index is 0.000000184. The van der Waals surface area contributed by atoms with Crippen LogP contribution in [0.5, 0.6) is 0 Å². The second-order valence-electron chi connectivity index (χ2n) is 26.9. The van der Waals surface area contributed by atoms with Gasteiger partial charge in [0.05, 0.1) is 24.2 Å². The van der Waals surface area contributed by atoms with Gasteiger partial charge in [-0.25, -0.2) is 14.6 Å². The highest BCUT2D eigenvalue weighted by Crippen LogP contribution is 2.35. The first-order valence-corrected chi connectivity index (χ1v) is 38.0. The molecule has 27 heteroatoms. The summed E-state index contributed by atoms with van der Waals surface area (Å²) < 4.78 is 5.47. The number of hydrogen-bond donors (Lipinski definition) is 8. The summed E-state index contributed by atoms with van der Waals surface area (Å²) in [5.74, 6) is 1.59. The normalized spacial score (nSPS) is 23.8. The molecule has 8 aliphatic heterocycles. The molecule has 12 atom stereocenters. The van der Waals surface area contributed by atoms with E-state index < -0.39 is 18.1 Å². The van der Waals surface area contributed by atoms with E-state index in [1.54, 1.807) is 37.2 Å². The molecule has 7 saturated heterocycles. The van der Waals surface area contributed by atoms with Crippen molar-refractivity contribution in [1.29, 1.82) is 0 Å². The lowest BCUT2D eigenvalue weighted by molar-refractivity contribution is -0.136.